The van der Waals surface area contributed by atoms with Crippen LogP contribution in [0, 0.1) is 0 Å². The van der Waals surface area contributed by atoms with Gasteiger partial charge in [0.05, 0.1) is 0 Å². The van der Waals surface area contributed by atoms with Crippen LogP contribution in [0.3, 0.4) is 0 Å². The van der Waals surface area contributed by atoms with Gasteiger partial charge in [-0.25, -0.2) is 0 Å². The Labute approximate surface area is 291 Å². The second kappa shape index (κ2) is 29.0. The van der Waals surface area contributed by atoms with Crippen molar-refractivity contribution in [2.45, 2.75) is 154 Å². The average Bonchev–Trinajstić information content (AvgIpc) is 3.09. The monoisotopic (exact) mass is 673 g/mol. The van der Waals surface area contributed by atoms with E-state index < -0.39 is 12.1 Å². The summed E-state index contributed by atoms with van der Waals surface area (Å²) < 4.78 is 0. The van der Waals surface area contributed by atoms with Gasteiger partial charge in [-0.15, -0.1) is 0 Å². The van der Waals surface area contributed by atoms with Gasteiger partial charge in [0, 0.05) is 24.2 Å². The Hall–Kier alpha value is -2.98. The highest BCUT2D eigenvalue weighted by Crippen LogP contribution is 2.11. The van der Waals surface area contributed by atoms with Crippen LogP contribution in [0.1, 0.15) is 163 Å². The summed E-state index contributed by atoms with van der Waals surface area (Å²) in [5.41, 5.74) is 12.0. The van der Waals surface area contributed by atoms with Gasteiger partial charge in [-0.05, 0) is 88.7 Å². The third-order valence-corrected chi connectivity index (χ3v) is 8.71. The van der Waals surface area contributed by atoms with E-state index in [1.165, 1.54) is 64.2 Å². The van der Waals surface area contributed by atoms with E-state index in [4.69, 9.17) is 11.5 Å². The molecule has 4 amide bonds. The minimum absolute atomic E-state index is 0.187. The number of carbonyl (C=O) groups is 4. The fraction of sp³-hybridized carbons (Fsp3) is 0.737. The van der Waals surface area contributed by atoms with Crippen molar-refractivity contribution in [3.8, 4) is 0 Å². The number of unbranched alkanes of at least 4 members (excludes halogenated alkanes) is 14. The van der Waals surface area contributed by atoms with Crippen LogP contribution in [-0.4, -0.2) is 61.9 Å². The van der Waals surface area contributed by atoms with Crippen molar-refractivity contribution >= 4 is 23.6 Å². The van der Waals surface area contributed by atoms with E-state index in [9.17, 15) is 19.2 Å². The Morgan fingerprint density at radius 2 is 0.833 bits per heavy atom. The Morgan fingerprint density at radius 3 is 1.17 bits per heavy atom. The van der Waals surface area contributed by atoms with E-state index in [2.05, 4.69) is 35.1 Å². The average molecular weight is 673 g/mol. The number of nitrogens with two attached hydrogens (primary N) is 2. The number of hydrogen-bond donors (Lipinski definition) is 6. The summed E-state index contributed by atoms with van der Waals surface area (Å²) in [5.74, 6) is -1.13. The zero-order valence-electron chi connectivity index (χ0n) is 30.2. The Morgan fingerprint density at radius 1 is 0.500 bits per heavy atom. The van der Waals surface area contributed by atoms with Crippen molar-refractivity contribution in [2.75, 3.05) is 26.2 Å². The van der Waals surface area contributed by atoms with Crippen molar-refractivity contribution < 1.29 is 19.2 Å². The van der Waals surface area contributed by atoms with E-state index in [0.717, 1.165) is 51.4 Å². The maximum Gasteiger partial charge on any atom is 0.251 e. The first kappa shape index (κ1) is 43.0. The summed E-state index contributed by atoms with van der Waals surface area (Å²) in [4.78, 5) is 52.2. The molecule has 0 fully saturated rings. The summed E-state index contributed by atoms with van der Waals surface area (Å²) in [6.45, 7) is 6.64. The van der Waals surface area contributed by atoms with Gasteiger partial charge in [0.25, 0.3) is 11.8 Å². The molecule has 1 rings (SSSR count). The maximum atomic E-state index is 13.1. The molecule has 0 unspecified atom stereocenters. The second-order valence-corrected chi connectivity index (χ2v) is 13.0. The number of hydrogen-bond acceptors (Lipinski definition) is 6. The van der Waals surface area contributed by atoms with Gasteiger partial charge in [-0.1, -0.05) is 90.9 Å². The van der Waals surface area contributed by atoms with Crippen LogP contribution in [0.15, 0.2) is 24.3 Å². The first-order chi connectivity index (χ1) is 23.4. The van der Waals surface area contributed by atoms with Crippen LogP contribution >= 0.6 is 0 Å². The van der Waals surface area contributed by atoms with Crippen LogP contribution in [-0.2, 0) is 9.59 Å². The van der Waals surface area contributed by atoms with Gasteiger partial charge in [0.2, 0.25) is 11.8 Å². The lowest BCUT2D eigenvalue weighted by molar-refractivity contribution is -0.123. The molecule has 0 saturated heterocycles. The molecule has 0 bridgehead atoms. The lowest BCUT2D eigenvalue weighted by Gasteiger charge is -2.19. The van der Waals surface area contributed by atoms with Crippen LogP contribution in [0.4, 0.5) is 0 Å². The molecular weight excluding hydrogens is 604 g/mol. The van der Waals surface area contributed by atoms with Crippen LogP contribution in [0.25, 0.3) is 0 Å². The first-order valence-corrected chi connectivity index (χ1v) is 19.0. The third kappa shape index (κ3) is 20.4. The number of benzene rings is 1. The Balaban J connectivity index is 2.69. The summed E-state index contributed by atoms with van der Waals surface area (Å²) in [6, 6.07) is 4.96. The quantitative estimate of drug-likeness (QED) is 0.0559. The standard InChI is InChI=1S/C38H68N6O4/c1-3-5-7-9-11-13-19-29-41-37(47)33(21-15-17-27-39)43-35(45)31-23-25-32(26-24-31)36(46)44-34(22-16-18-28-40)38(48)42-30-20-14-12-10-8-6-4-2/h23-26,33-34H,3-22,27-30,39-40H2,1-2H3,(H,41,47)(H,42,48)(H,43,45)(H,44,46)/t33-,34-/m0/s1. The third-order valence-electron chi connectivity index (χ3n) is 8.71. The zero-order valence-corrected chi connectivity index (χ0v) is 30.2. The van der Waals surface area contributed by atoms with Gasteiger partial charge in [-0.3, -0.25) is 19.2 Å². The molecule has 0 aliphatic rings. The molecule has 48 heavy (non-hydrogen) atoms. The molecular formula is C38H68N6O4. The molecule has 1 aromatic rings. The molecule has 8 N–H and O–H groups in total. The highest BCUT2D eigenvalue weighted by Gasteiger charge is 2.23. The first-order valence-electron chi connectivity index (χ1n) is 19.0. The number of amides is 4. The molecule has 1 aromatic carbocycles. The molecule has 0 spiro atoms. The fourth-order valence-corrected chi connectivity index (χ4v) is 5.61. The lowest BCUT2D eigenvalue weighted by atomic mass is 10.1. The minimum Gasteiger partial charge on any atom is -0.354 e. The summed E-state index contributed by atoms with van der Waals surface area (Å²) in [7, 11) is 0. The van der Waals surface area contributed by atoms with E-state index in [1.807, 2.05) is 0 Å². The molecule has 0 heterocycles. The van der Waals surface area contributed by atoms with Gasteiger partial charge in [-0.2, -0.15) is 0 Å². The maximum absolute atomic E-state index is 13.1. The minimum atomic E-state index is -0.662. The molecule has 0 aliphatic heterocycles. The van der Waals surface area contributed by atoms with Crippen LogP contribution < -0.4 is 32.7 Å². The zero-order chi connectivity index (χ0) is 35.2. The molecule has 274 valence electrons. The Bertz CT molecular complexity index is 924. The normalized spacial score (nSPS) is 12.2. The van der Waals surface area contributed by atoms with Crippen molar-refractivity contribution in [1.29, 1.82) is 0 Å². The van der Waals surface area contributed by atoms with E-state index >= 15 is 0 Å². The number of nitrogens with one attached hydrogen (secondary N) is 4. The summed E-state index contributed by atoms with van der Waals surface area (Å²) in [5, 5.41) is 11.7. The van der Waals surface area contributed by atoms with Gasteiger partial charge in [0.15, 0.2) is 0 Å². The molecule has 0 saturated carbocycles. The predicted octanol–water partition coefficient (Wildman–Crippen LogP) is 5.88. The predicted molar refractivity (Wildman–Crippen MR) is 197 cm³/mol. The van der Waals surface area contributed by atoms with E-state index in [0.29, 0.717) is 50.1 Å². The van der Waals surface area contributed by atoms with Crippen molar-refractivity contribution in [2.24, 2.45) is 11.5 Å². The topological polar surface area (TPSA) is 168 Å². The molecule has 10 nitrogen and oxygen atoms in total. The van der Waals surface area contributed by atoms with Gasteiger partial charge in [0.1, 0.15) is 12.1 Å². The molecule has 0 radical (unpaired) electrons. The van der Waals surface area contributed by atoms with Crippen LogP contribution in [0.5, 0.6) is 0 Å². The van der Waals surface area contributed by atoms with Crippen molar-refractivity contribution in [3.63, 3.8) is 0 Å². The molecule has 0 aliphatic carbocycles. The molecule has 2 atom stereocenters. The molecule has 10 heteroatoms. The number of rotatable bonds is 30. The van der Waals surface area contributed by atoms with Crippen molar-refractivity contribution in [3.05, 3.63) is 35.4 Å². The smallest absolute Gasteiger partial charge is 0.251 e. The highest BCUT2D eigenvalue weighted by atomic mass is 16.2. The number of carbonyl (C=O) groups excluding carboxylic acids is 4. The van der Waals surface area contributed by atoms with E-state index in [-0.39, 0.29) is 23.6 Å². The largest absolute Gasteiger partial charge is 0.354 e. The fourth-order valence-electron chi connectivity index (χ4n) is 5.61. The highest BCUT2D eigenvalue weighted by molar-refractivity contribution is 6.00. The van der Waals surface area contributed by atoms with Crippen molar-refractivity contribution in [1.82, 2.24) is 21.3 Å². The SMILES string of the molecule is CCCCCCCCCNC(=O)[C@H](CCCCN)NC(=O)c1ccc(C(=O)N[C@@H](CCCCN)C(=O)NCCCCCCCCC)cc1. The Kier molecular flexibility index (Phi) is 26.0. The molecule has 0 aromatic heterocycles. The summed E-state index contributed by atoms with van der Waals surface area (Å²) >= 11 is 0. The van der Waals surface area contributed by atoms with E-state index in [1.54, 1.807) is 24.3 Å². The second-order valence-electron chi connectivity index (χ2n) is 13.0. The van der Waals surface area contributed by atoms with Crippen LogP contribution in [0.2, 0.25) is 0 Å². The van der Waals surface area contributed by atoms with Gasteiger partial charge < -0.3 is 32.7 Å². The van der Waals surface area contributed by atoms with Gasteiger partial charge >= 0.3 is 0 Å². The summed E-state index contributed by atoms with van der Waals surface area (Å²) in [6.07, 6.45) is 20.3. The lowest BCUT2D eigenvalue weighted by Crippen LogP contribution is -2.47.